The molecule has 4 rings (SSSR count). The summed E-state index contributed by atoms with van der Waals surface area (Å²) in [4.78, 5) is 32.2. The predicted molar refractivity (Wildman–Crippen MR) is 134 cm³/mol. The number of carbonyl (C=O) groups excluding carboxylic acids is 2. The Morgan fingerprint density at radius 1 is 1.03 bits per heavy atom. The van der Waals surface area contributed by atoms with E-state index in [2.05, 4.69) is 26.2 Å². The molecule has 7 heteroatoms. The lowest BCUT2D eigenvalue weighted by Gasteiger charge is -2.20. The van der Waals surface area contributed by atoms with Crippen LogP contribution >= 0.6 is 15.9 Å². The number of amides is 1. The molecule has 0 fully saturated rings. The molecule has 0 aliphatic carbocycles. The number of benzene rings is 3. The van der Waals surface area contributed by atoms with Gasteiger partial charge in [0, 0.05) is 34.4 Å². The number of carbonyl (C=O) groups is 2. The molecule has 0 radical (unpaired) electrons. The van der Waals surface area contributed by atoms with Gasteiger partial charge in [0.1, 0.15) is 5.75 Å². The van der Waals surface area contributed by atoms with Crippen LogP contribution in [0.15, 0.2) is 83.5 Å². The Morgan fingerprint density at radius 2 is 1.76 bits per heavy atom. The van der Waals surface area contributed by atoms with Crippen molar-refractivity contribution in [3.63, 3.8) is 0 Å². The van der Waals surface area contributed by atoms with Crippen LogP contribution in [0.25, 0.3) is 10.9 Å². The van der Waals surface area contributed by atoms with Gasteiger partial charge >= 0.3 is 0 Å². The van der Waals surface area contributed by atoms with E-state index in [9.17, 15) is 9.59 Å². The van der Waals surface area contributed by atoms with Crippen molar-refractivity contribution in [2.75, 3.05) is 30.9 Å². The van der Waals surface area contributed by atoms with Crippen molar-refractivity contribution in [1.82, 2.24) is 4.98 Å². The number of rotatable bonds is 7. The Morgan fingerprint density at radius 3 is 2.45 bits per heavy atom. The number of fused-ring (bicyclic) bond motifs is 1. The molecule has 1 aromatic heterocycles. The zero-order valence-electron chi connectivity index (χ0n) is 18.2. The summed E-state index contributed by atoms with van der Waals surface area (Å²) in [6.07, 6.45) is 1.56. The zero-order chi connectivity index (χ0) is 23.4. The summed E-state index contributed by atoms with van der Waals surface area (Å²) in [5, 5.41) is 3.97. The van der Waals surface area contributed by atoms with Crippen molar-refractivity contribution >= 4 is 49.9 Å². The molecular formula is C26H22BrN3O3. The Labute approximate surface area is 200 Å². The third-order valence-electron chi connectivity index (χ3n) is 5.36. The Balaban J connectivity index is 1.65. The van der Waals surface area contributed by atoms with E-state index in [-0.39, 0.29) is 18.2 Å². The minimum atomic E-state index is -0.161. The van der Waals surface area contributed by atoms with Gasteiger partial charge in [-0.2, -0.15) is 0 Å². The molecule has 0 saturated heterocycles. The first-order chi connectivity index (χ1) is 16.0. The summed E-state index contributed by atoms with van der Waals surface area (Å²) in [5.41, 5.74) is 3.01. The van der Waals surface area contributed by atoms with Gasteiger partial charge in [0.15, 0.2) is 5.78 Å². The number of methoxy groups -OCH3 is 1. The number of ether oxygens (including phenoxy) is 1. The van der Waals surface area contributed by atoms with Crippen molar-refractivity contribution in [1.29, 1.82) is 0 Å². The summed E-state index contributed by atoms with van der Waals surface area (Å²) in [6.45, 7) is 0.00672. The fourth-order valence-corrected chi connectivity index (χ4v) is 3.86. The molecule has 1 amide bonds. The van der Waals surface area contributed by atoms with Crippen LogP contribution < -0.4 is 15.0 Å². The van der Waals surface area contributed by atoms with Crippen LogP contribution in [0.4, 0.5) is 11.4 Å². The molecule has 0 unspecified atom stereocenters. The maximum Gasteiger partial charge on any atom is 0.246 e. The van der Waals surface area contributed by atoms with E-state index in [1.807, 2.05) is 48.5 Å². The lowest BCUT2D eigenvalue weighted by atomic mass is 10.0. The van der Waals surface area contributed by atoms with Crippen molar-refractivity contribution in [2.45, 2.75) is 0 Å². The first kappa shape index (κ1) is 22.5. The van der Waals surface area contributed by atoms with Crippen molar-refractivity contribution in [3.05, 3.63) is 94.6 Å². The number of hydrogen-bond acceptors (Lipinski definition) is 5. The number of hydrogen-bond donors (Lipinski definition) is 1. The molecule has 1 N–H and O–H groups in total. The van der Waals surface area contributed by atoms with Gasteiger partial charge in [-0.1, -0.05) is 46.3 Å². The van der Waals surface area contributed by atoms with Crippen LogP contribution in [0.5, 0.6) is 5.75 Å². The SMILES string of the molecule is COc1ccc(N(C)C(=O)CNc2c(C(=O)c3ccccc3)cnc3cc(Br)ccc23)cc1. The first-order valence-electron chi connectivity index (χ1n) is 10.3. The lowest BCUT2D eigenvalue weighted by Crippen LogP contribution is -2.32. The monoisotopic (exact) mass is 503 g/mol. The van der Waals surface area contributed by atoms with Crippen LogP contribution in [0.2, 0.25) is 0 Å². The summed E-state index contributed by atoms with van der Waals surface area (Å²) in [7, 11) is 3.31. The Bertz CT molecular complexity index is 1310. The number of halogens is 1. The molecule has 33 heavy (non-hydrogen) atoms. The standard InChI is InChI=1S/C26H22BrN3O3/c1-30(19-9-11-20(33-2)12-10-19)24(31)16-29-25-21-13-8-18(27)14-23(21)28-15-22(25)26(32)17-6-4-3-5-7-17/h3-15H,16H2,1-2H3,(H,28,29). The predicted octanol–water partition coefficient (Wildman–Crippen LogP) is 5.31. The molecule has 0 bridgehead atoms. The second-order valence-corrected chi connectivity index (χ2v) is 8.32. The minimum absolute atomic E-state index is 0.00672. The van der Waals surface area contributed by atoms with E-state index in [1.54, 1.807) is 49.5 Å². The third-order valence-corrected chi connectivity index (χ3v) is 5.86. The number of anilines is 2. The maximum atomic E-state index is 13.2. The Kier molecular flexibility index (Phi) is 6.70. The molecule has 0 aliphatic rings. The second-order valence-electron chi connectivity index (χ2n) is 7.41. The largest absolute Gasteiger partial charge is 0.497 e. The highest BCUT2D eigenvalue weighted by Gasteiger charge is 2.19. The maximum absolute atomic E-state index is 13.2. The highest BCUT2D eigenvalue weighted by molar-refractivity contribution is 9.10. The lowest BCUT2D eigenvalue weighted by molar-refractivity contribution is -0.116. The molecule has 4 aromatic rings. The molecule has 166 valence electrons. The smallest absolute Gasteiger partial charge is 0.246 e. The molecule has 0 saturated carbocycles. The van der Waals surface area contributed by atoms with Gasteiger partial charge < -0.3 is 15.0 Å². The molecule has 0 aliphatic heterocycles. The summed E-state index contributed by atoms with van der Waals surface area (Å²) >= 11 is 3.46. The van der Waals surface area contributed by atoms with Gasteiger partial charge in [-0.15, -0.1) is 0 Å². The van der Waals surface area contributed by atoms with Crippen molar-refractivity contribution < 1.29 is 14.3 Å². The van der Waals surface area contributed by atoms with Crippen molar-refractivity contribution in [2.24, 2.45) is 0 Å². The van der Waals surface area contributed by atoms with Gasteiger partial charge in [0.2, 0.25) is 5.91 Å². The topological polar surface area (TPSA) is 71.5 Å². The van der Waals surface area contributed by atoms with E-state index < -0.39 is 0 Å². The zero-order valence-corrected chi connectivity index (χ0v) is 19.8. The fourth-order valence-electron chi connectivity index (χ4n) is 3.51. The van der Waals surface area contributed by atoms with E-state index in [4.69, 9.17) is 4.74 Å². The summed E-state index contributed by atoms with van der Waals surface area (Å²) in [6, 6.07) is 21.9. The molecule has 0 spiro atoms. The second kappa shape index (κ2) is 9.83. The average Bonchev–Trinajstić information content (AvgIpc) is 2.86. The number of pyridine rings is 1. The molecule has 6 nitrogen and oxygen atoms in total. The molecule has 3 aromatic carbocycles. The summed E-state index contributed by atoms with van der Waals surface area (Å²) in [5.74, 6) is 0.405. The van der Waals surface area contributed by atoms with Crippen LogP contribution in [0.3, 0.4) is 0 Å². The first-order valence-corrected chi connectivity index (χ1v) is 11.1. The number of nitrogens with zero attached hydrogens (tertiary/aromatic N) is 2. The van der Waals surface area contributed by atoms with Gasteiger partial charge in [-0.25, -0.2) is 0 Å². The van der Waals surface area contributed by atoms with E-state index in [1.165, 1.54) is 0 Å². The minimum Gasteiger partial charge on any atom is -0.497 e. The van der Waals surface area contributed by atoms with Crippen LogP contribution in [-0.2, 0) is 4.79 Å². The molecule has 0 atom stereocenters. The number of likely N-dealkylation sites (N-methyl/N-ethyl adjacent to an activating group) is 1. The van der Waals surface area contributed by atoms with Crippen LogP contribution in [0.1, 0.15) is 15.9 Å². The van der Waals surface area contributed by atoms with Gasteiger partial charge in [-0.05, 0) is 42.5 Å². The van der Waals surface area contributed by atoms with E-state index in [0.29, 0.717) is 22.3 Å². The number of nitrogens with one attached hydrogen (secondary N) is 1. The van der Waals surface area contributed by atoms with E-state index in [0.717, 1.165) is 21.3 Å². The van der Waals surface area contributed by atoms with Gasteiger partial charge in [0.05, 0.1) is 30.4 Å². The normalized spacial score (nSPS) is 10.6. The Hall–Kier alpha value is -3.71. The highest BCUT2D eigenvalue weighted by Crippen LogP contribution is 2.30. The van der Waals surface area contributed by atoms with Crippen molar-refractivity contribution in [3.8, 4) is 5.75 Å². The summed E-state index contributed by atoms with van der Waals surface area (Å²) < 4.78 is 6.06. The van der Waals surface area contributed by atoms with Crippen LogP contribution in [0, 0.1) is 0 Å². The number of ketones is 1. The van der Waals surface area contributed by atoms with Gasteiger partial charge in [-0.3, -0.25) is 14.6 Å². The number of aromatic nitrogens is 1. The van der Waals surface area contributed by atoms with Gasteiger partial charge in [0.25, 0.3) is 0 Å². The quantitative estimate of drug-likeness (QED) is 0.346. The molecular weight excluding hydrogens is 482 g/mol. The molecule has 1 heterocycles. The van der Waals surface area contributed by atoms with Crippen LogP contribution in [-0.4, -0.2) is 37.4 Å². The highest BCUT2D eigenvalue weighted by atomic mass is 79.9. The fraction of sp³-hybridized carbons (Fsp3) is 0.115. The third kappa shape index (κ3) is 4.88. The van der Waals surface area contributed by atoms with E-state index >= 15 is 0 Å². The average molecular weight is 504 g/mol.